The van der Waals surface area contributed by atoms with Gasteiger partial charge in [-0.15, -0.1) is 0 Å². The van der Waals surface area contributed by atoms with Crippen molar-refractivity contribution in [2.24, 2.45) is 0 Å². The van der Waals surface area contributed by atoms with Gasteiger partial charge in [0, 0.05) is 16.5 Å². The van der Waals surface area contributed by atoms with Gasteiger partial charge < -0.3 is 10.3 Å². The van der Waals surface area contributed by atoms with Crippen LogP contribution in [0.1, 0.15) is 5.56 Å². The van der Waals surface area contributed by atoms with Gasteiger partial charge in [0.1, 0.15) is 0 Å². The lowest BCUT2D eigenvalue weighted by molar-refractivity contribution is 0.432. The van der Waals surface area contributed by atoms with Crippen molar-refractivity contribution in [2.75, 3.05) is 5.73 Å². The Bertz CT molecular complexity index is 759. The summed E-state index contributed by atoms with van der Waals surface area (Å²) in [7, 11) is 0. The first-order valence-corrected chi connectivity index (χ1v) is 7.38. The van der Waals surface area contributed by atoms with Crippen LogP contribution in [0.3, 0.4) is 0 Å². The minimum Gasteiger partial charge on any atom is -0.396 e. The summed E-state index contributed by atoms with van der Waals surface area (Å²) in [5.41, 5.74) is 8.74. The molecule has 0 radical (unpaired) electrons. The molecule has 0 saturated heterocycles. The molecule has 0 spiro atoms. The summed E-state index contributed by atoms with van der Waals surface area (Å²) in [4.78, 5) is 4.37. The zero-order chi connectivity index (χ0) is 14.3. The Kier molecular flexibility index (Phi) is 3.41. The second kappa shape index (κ2) is 5.09. The highest BCUT2D eigenvalue weighted by Gasteiger charge is 2.15. The van der Waals surface area contributed by atoms with E-state index in [1.807, 2.05) is 17.7 Å². The van der Waals surface area contributed by atoms with Crippen LogP contribution < -0.4 is 5.73 Å². The number of rotatable bonds is 2. The van der Waals surface area contributed by atoms with E-state index in [0.717, 1.165) is 11.1 Å². The number of hydrogen-bond donors (Lipinski definition) is 1. The fraction of sp³-hybridized carbons (Fsp3) is 0.0769. The number of nitrogens with zero attached hydrogens (tertiary/aromatic N) is 2. The lowest BCUT2D eigenvalue weighted by atomic mass is 10.2. The highest BCUT2D eigenvalue weighted by Crippen LogP contribution is 2.34. The van der Waals surface area contributed by atoms with Gasteiger partial charge in [0.15, 0.2) is 0 Å². The van der Waals surface area contributed by atoms with Gasteiger partial charge in [-0.3, -0.25) is 0 Å². The normalized spacial score (nSPS) is 10.9. The molecule has 2 heterocycles. The fourth-order valence-corrected chi connectivity index (χ4v) is 3.06. The van der Waals surface area contributed by atoms with Gasteiger partial charge in [0.2, 0.25) is 5.82 Å². The molecule has 0 bridgehead atoms. The quantitative estimate of drug-likeness (QED) is 0.696. The summed E-state index contributed by atoms with van der Waals surface area (Å²) >= 11 is 13.6. The summed E-state index contributed by atoms with van der Waals surface area (Å²) in [6, 6.07) is 3.31. The third kappa shape index (κ3) is 2.28. The summed E-state index contributed by atoms with van der Waals surface area (Å²) in [6.45, 7) is 2.00. The molecule has 2 aromatic heterocycles. The average Bonchev–Trinajstić information content (AvgIpc) is 3.03. The van der Waals surface area contributed by atoms with Crippen LogP contribution in [0.5, 0.6) is 0 Å². The molecule has 102 valence electrons. The average molecular weight is 326 g/mol. The molecular formula is C13H9Cl2N3OS. The molecule has 0 fully saturated rings. The van der Waals surface area contributed by atoms with E-state index in [0.29, 0.717) is 33.0 Å². The number of thiophene rings is 1. The molecule has 0 unspecified atom stereocenters. The fourth-order valence-electron chi connectivity index (χ4n) is 1.75. The predicted octanol–water partition coefficient (Wildman–Crippen LogP) is 4.66. The molecule has 0 aliphatic rings. The lowest BCUT2D eigenvalue weighted by Gasteiger charge is -2.02. The highest BCUT2D eigenvalue weighted by molar-refractivity contribution is 7.08. The van der Waals surface area contributed by atoms with Crippen LogP contribution in [0.4, 0.5) is 5.69 Å². The van der Waals surface area contributed by atoms with Crippen LogP contribution in [-0.4, -0.2) is 10.1 Å². The second-order valence-corrected chi connectivity index (χ2v) is 5.80. The molecule has 4 nitrogen and oxygen atoms in total. The van der Waals surface area contributed by atoms with E-state index >= 15 is 0 Å². The molecule has 0 atom stereocenters. The maximum atomic E-state index is 6.00. The van der Waals surface area contributed by atoms with Crippen molar-refractivity contribution in [2.45, 2.75) is 6.92 Å². The first kappa shape index (κ1) is 13.4. The number of halogens is 2. The first-order chi connectivity index (χ1) is 9.56. The first-order valence-electron chi connectivity index (χ1n) is 5.68. The van der Waals surface area contributed by atoms with Crippen molar-refractivity contribution in [3.63, 3.8) is 0 Å². The molecule has 2 N–H and O–H groups in total. The molecule has 3 aromatic rings. The number of nitrogens with two attached hydrogens (primary N) is 1. The lowest BCUT2D eigenvalue weighted by Crippen LogP contribution is -1.89. The number of aromatic nitrogens is 2. The van der Waals surface area contributed by atoms with Crippen molar-refractivity contribution in [1.29, 1.82) is 0 Å². The number of aryl methyl sites for hydroxylation is 1. The number of nitrogen functional groups attached to an aromatic ring is 1. The zero-order valence-corrected chi connectivity index (χ0v) is 12.7. The third-order valence-corrected chi connectivity index (χ3v) is 4.34. The van der Waals surface area contributed by atoms with Crippen molar-refractivity contribution >= 4 is 40.2 Å². The van der Waals surface area contributed by atoms with E-state index in [-0.39, 0.29) is 0 Å². The maximum Gasteiger partial charge on any atom is 0.258 e. The van der Waals surface area contributed by atoms with Gasteiger partial charge >= 0.3 is 0 Å². The van der Waals surface area contributed by atoms with E-state index in [9.17, 15) is 0 Å². The Morgan fingerprint density at radius 1 is 1.20 bits per heavy atom. The molecule has 0 aliphatic heterocycles. The molecule has 0 aliphatic carbocycles. The van der Waals surface area contributed by atoms with Crippen molar-refractivity contribution in [1.82, 2.24) is 10.1 Å². The Hall–Kier alpha value is -1.56. The van der Waals surface area contributed by atoms with E-state index in [2.05, 4.69) is 10.1 Å². The molecular weight excluding hydrogens is 317 g/mol. The van der Waals surface area contributed by atoms with Gasteiger partial charge in [0.05, 0.1) is 15.7 Å². The molecule has 0 saturated carbocycles. The molecule has 7 heteroatoms. The van der Waals surface area contributed by atoms with Gasteiger partial charge in [-0.2, -0.15) is 16.3 Å². The number of anilines is 1. The zero-order valence-electron chi connectivity index (χ0n) is 10.4. The molecule has 0 amide bonds. The minimum atomic E-state index is 0.338. The third-order valence-electron chi connectivity index (χ3n) is 2.85. The van der Waals surface area contributed by atoms with Crippen molar-refractivity contribution < 1.29 is 4.52 Å². The van der Waals surface area contributed by atoms with Crippen LogP contribution in [0, 0.1) is 6.92 Å². The number of benzene rings is 1. The van der Waals surface area contributed by atoms with Crippen molar-refractivity contribution in [3.8, 4) is 22.8 Å². The van der Waals surface area contributed by atoms with Gasteiger partial charge in [-0.05, 0) is 30.0 Å². The molecule has 1 aromatic carbocycles. The summed E-state index contributed by atoms with van der Waals surface area (Å²) in [5, 5.41) is 8.71. The minimum absolute atomic E-state index is 0.338. The van der Waals surface area contributed by atoms with Crippen LogP contribution in [0.2, 0.25) is 10.0 Å². The van der Waals surface area contributed by atoms with Crippen molar-refractivity contribution in [3.05, 3.63) is 38.5 Å². The summed E-state index contributed by atoms with van der Waals surface area (Å²) in [5.74, 6) is 0.900. The van der Waals surface area contributed by atoms with E-state index in [4.69, 9.17) is 33.5 Å². The molecule has 3 rings (SSSR count). The maximum absolute atomic E-state index is 6.00. The Morgan fingerprint density at radius 3 is 2.50 bits per heavy atom. The summed E-state index contributed by atoms with van der Waals surface area (Å²) in [6.07, 6.45) is 0. The van der Waals surface area contributed by atoms with Gasteiger partial charge in [-0.1, -0.05) is 28.4 Å². The number of hydrogen-bond acceptors (Lipinski definition) is 5. The van der Waals surface area contributed by atoms with Crippen LogP contribution in [0.25, 0.3) is 22.8 Å². The Labute approximate surface area is 129 Å². The smallest absolute Gasteiger partial charge is 0.258 e. The van der Waals surface area contributed by atoms with Crippen LogP contribution in [-0.2, 0) is 0 Å². The van der Waals surface area contributed by atoms with E-state index in [1.54, 1.807) is 23.5 Å². The standard InChI is InChI=1S/C13H9Cl2N3OS/c1-6-4-20-5-8(6)12-17-13(19-18-12)7-2-9(14)11(16)10(15)3-7/h2-5H,16H2,1H3. The Balaban J connectivity index is 2.05. The predicted molar refractivity (Wildman–Crippen MR) is 82.2 cm³/mol. The highest BCUT2D eigenvalue weighted by atomic mass is 35.5. The van der Waals surface area contributed by atoms with E-state index in [1.165, 1.54) is 0 Å². The largest absolute Gasteiger partial charge is 0.396 e. The van der Waals surface area contributed by atoms with Gasteiger partial charge in [-0.25, -0.2) is 0 Å². The monoisotopic (exact) mass is 325 g/mol. The topological polar surface area (TPSA) is 64.9 Å². The Morgan fingerprint density at radius 2 is 1.90 bits per heavy atom. The van der Waals surface area contributed by atoms with Crippen LogP contribution >= 0.6 is 34.5 Å². The van der Waals surface area contributed by atoms with E-state index < -0.39 is 0 Å². The summed E-state index contributed by atoms with van der Waals surface area (Å²) < 4.78 is 5.26. The second-order valence-electron chi connectivity index (χ2n) is 4.25. The molecule has 20 heavy (non-hydrogen) atoms. The van der Waals surface area contributed by atoms with Crippen LogP contribution in [0.15, 0.2) is 27.4 Å². The SMILES string of the molecule is Cc1cscc1-c1noc(-c2cc(Cl)c(N)c(Cl)c2)n1. The van der Waals surface area contributed by atoms with Gasteiger partial charge in [0.25, 0.3) is 5.89 Å².